The standard InChI is InChI=1S/C16H20FNO2/c1-4-18-9-13-8-15(20-12(13)3)10-19-16-6-5-14(17)7-11(16)2/h5-8,18H,4,9-10H2,1-3H3. The number of benzene rings is 1. The molecule has 2 rings (SSSR count). The highest BCUT2D eigenvalue weighted by molar-refractivity contribution is 5.32. The van der Waals surface area contributed by atoms with Gasteiger partial charge >= 0.3 is 0 Å². The topological polar surface area (TPSA) is 34.4 Å². The Morgan fingerprint density at radius 3 is 2.75 bits per heavy atom. The van der Waals surface area contributed by atoms with Gasteiger partial charge in [0, 0.05) is 12.1 Å². The fourth-order valence-corrected chi connectivity index (χ4v) is 2.02. The number of hydrogen-bond donors (Lipinski definition) is 1. The van der Waals surface area contributed by atoms with Gasteiger partial charge in [0.25, 0.3) is 0 Å². The van der Waals surface area contributed by atoms with E-state index in [2.05, 4.69) is 12.2 Å². The third-order valence-electron chi connectivity index (χ3n) is 3.14. The van der Waals surface area contributed by atoms with Crippen LogP contribution >= 0.6 is 0 Å². The van der Waals surface area contributed by atoms with Gasteiger partial charge in [0.1, 0.15) is 29.7 Å². The predicted octanol–water partition coefficient (Wildman–Crippen LogP) is 3.72. The molecule has 108 valence electrons. The fraction of sp³-hybridized carbons (Fsp3) is 0.375. The molecule has 0 spiro atoms. The van der Waals surface area contributed by atoms with Crippen LogP contribution in [-0.4, -0.2) is 6.54 Å². The van der Waals surface area contributed by atoms with Crippen molar-refractivity contribution in [3.63, 3.8) is 0 Å². The number of hydrogen-bond acceptors (Lipinski definition) is 3. The quantitative estimate of drug-likeness (QED) is 0.873. The summed E-state index contributed by atoms with van der Waals surface area (Å²) in [6, 6.07) is 6.49. The lowest BCUT2D eigenvalue weighted by atomic mass is 10.2. The second-order valence-electron chi connectivity index (χ2n) is 4.77. The minimum atomic E-state index is -0.253. The second-order valence-corrected chi connectivity index (χ2v) is 4.77. The molecule has 4 heteroatoms. The number of aryl methyl sites for hydroxylation is 2. The fourth-order valence-electron chi connectivity index (χ4n) is 2.02. The Bertz CT molecular complexity index is 578. The van der Waals surface area contributed by atoms with E-state index in [0.717, 1.165) is 35.7 Å². The van der Waals surface area contributed by atoms with Crippen LogP contribution in [0.15, 0.2) is 28.7 Å². The summed E-state index contributed by atoms with van der Waals surface area (Å²) in [5, 5.41) is 3.27. The highest BCUT2D eigenvalue weighted by atomic mass is 19.1. The Morgan fingerprint density at radius 1 is 1.25 bits per heavy atom. The van der Waals surface area contributed by atoms with Gasteiger partial charge in [-0.05, 0) is 50.2 Å². The second kappa shape index (κ2) is 6.57. The van der Waals surface area contributed by atoms with Crippen molar-refractivity contribution in [3.05, 3.63) is 52.7 Å². The van der Waals surface area contributed by atoms with Crippen molar-refractivity contribution in [3.8, 4) is 5.75 Å². The zero-order valence-corrected chi connectivity index (χ0v) is 12.1. The van der Waals surface area contributed by atoms with E-state index in [4.69, 9.17) is 9.15 Å². The molecule has 0 aliphatic carbocycles. The molecule has 0 atom stereocenters. The van der Waals surface area contributed by atoms with Crippen LogP contribution in [-0.2, 0) is 13.2 Å². The Balaban J connectivity index is 2.00. The maximum absolute atomic E-state index is 13.0. The molecule has 0 unspecified atom stereocenters. The molecule has 1 N–H and O–H groups in total. The van der Waals surface area contributed by atoms with Gasteiger partial charge < -0.3 is 14.5 Å². The van der Waals surface area contributed by atoms with Crippen LogP contribution in [0.5, 0.6) is 5.75 Å². The molecule has 0 aliphatic rings. The van der Waals surface area contributed by atoms with Crippen molar-refractivity contribution in [1.29, 1.82) is 0 Å². The van der Waals surface area contributed by atoms with Crippen molar-refractivity contribution >= 4 is 0 Å². The van der Waals surface area contributed by atoms with Crippen LogP contribution in [0.3, 0.4) is 0 Å². The SMILES string of the molecule is CCNCc1cc(COc2ccc(F)cc2C)oc1C. The Morgan fingerprint density at radius 2 is 2.05 bits per heavy atom. The summed E-state index contributed by atoms with van der Waals surface area (Å²) in [5.74, 6) is 2.10. The van der Waals surface area contributed by atoms with Crippen molar-refractivity contribution in [2.75, 3.05) is 6.54 Å². The molecule has 0 radical (unpaired) electrons. The van der Waals surface area contributed by atoms with Gasteiger partial charge in [-0.15, -0.1) is 0 Å². The number of furan rings is 1. The molecule has 3 nitrogen and oxygen atoms in total. The summed E-state index contributed by atoms with van der Waals surface area (Å²) in [4.78, 5) is 0. The largest absolute Gasteiger partial charge is 0.485 e. The van der Waals surface area contributed by atoms with Crippen molar-refractivity contribution in [2.45, 2.75) is 33.9 Å². The van der Waals surface area contributed by atoms with Crippen LogP contribution in [0, 0.1) is 19.7 Å². The van der Waals surface area contributed by atoms with Crippen LogP contribution in [0.25, 0.3) is 0 Å². The van der Waals surface area contributed by atoms with Gasteiger partial charge in [-0.3, -0.25) is 0 Å². The Kier molecular flexibility index (Phi) is 4.79. The van der Waals surface area contributed by atoms with Gasteiger partial charge in [-0.25, -0.2) is 4.39 Å². The molecule has 1 aromatic carbocycles. The van der Waals surface area contributed by atoms with E-state index in [-0.39, 0.29) is 5.82 Å². The van der Waals surface area contributed by atoms with Crippen LogP contribution in [0.1, 0.15) is 29.6 Å². The average Bonchev–Trinajstić information content (AvgIpc) is 2.76. The molecule has 2 aromatic rings. The molecule has 0 saturated heterocycles. The van der Waals surface area contributed by atoms with Crippen LogP contribution in [0.4, 0.5) is 4.39 Å². The Hall–Kier alpha value is -1.81. The molecular formula is C16H20FNO2. The average molecular weight is 277 g/mol. The molecule has 0 aliphatic heterocycles. The summed E-state index contributed by atoms with van der Waals surface area (Å²) in [6.45, 7) is 7.89. The third-order valence-corrected chi connectivity index (χ3v) is 3.14. The monoisotopic (exact) mass is 277 g/mol. The van der Waals surface area contributed by atoms with Gasteiger partial charge in [-0.2, -0.15) is 0 Å². The smallest absolute Gasteiger partial charge is 0.146 e. The summed E-state index contributed by atoms with van der Waals surface area (Å²) < 4.78 is 24.3. The normalized spacial score (nSPS) is 10.8. The van der Waals surface area contributed by atoms with E-state index in [0.29, 0.717) is 12.4 Å². The van der Waals surface area contributed by atoms with E-state index >= 15 is 0 Å². The third kappa shape index (κ3) is 3.61. The first-order valence-corrected chi connectivity index (χ1v) is 6.78. The Labute approximate surface area is 118 Å². The van der Waals surface area contributed by atoms with E-state index in [1.54, 1.807) is 6.07 Å². The minimum absolute atomic E-state index is 0.253. The first-order chi connectivity index (χ1) is 9.60. The first kappa shape index (κ1) is 14.6. The van der Waals surface area contributed by atoms with E-state index in [1.165, 1.54) is 12.1 Å². The molecule has 0 fully saturated rings. The number of halogens is 1. The van der Waals surface area contributed by atoms with E-state index < -0.39 is 0 Å². The number of nitrogens with one attached hydrogen (secondary N) is 1. The molecule has 0 amide bonds. The van der Waals surface area contributed by atoms with E-state index in [9.17, 15) is 4.39 Å². The van der Waals surface area contributed by atoms with Gasteiger partial charge in [0.15, 0.2) is 0 Å². The number of ether oxygens (including phenoxy) is 1. The molecular weight excluding hydrogens is 257 g/mol. The molecule has 0 bridgehead atoms. The first-order valence-electron chi connectivity index (χ1n) is 6.78. The maximum Gasteiger partial charge on any atom is 0.146 e. The molecule has 0 saturated carbocycles. The lowest BCUT2D eigenvalue weighted by Crippen LogP contribution is -2.11. The molecule has 1 aromatic heterocycles. The van der Waals surface area contributed by atoms with Crippen molar-refractivity contribution < 1.29 is 13.5 Å². The van der Waals surface area contributed by atoms with Crippen molar-refractivity contribution in [2.24, 2.45) is 0 Å². The number of rotatable bonds is 6. The maximum atomic E-state index is 13.0. The zero-order chi connectivity index (χ0) is 14.5. The van der Waals surface area contributed by atoms with E-state index in [1.807, 2.05) is 19.9 Å². The minimum Gasteiger partial charge on any atom is -0.485 e. The summed E-state index contributed by atoms with van der Waals surface area (Å²) >= 11 is 0. The predicted molar refractivity (Wildman–Crippen MR) is 76.3 cm³/mol. The summed E-state index contributed by atoms with van der Waals surface area (Å²) in [5.41, 5.74) is 1.92. The summed E-state index contributed by atoms with van der Waals surface area (Å²) in [7, 11) is 0. The highest BCUT2D eigenvalue weighted by Gasteiger charge is 2.08. The van der Waals surface area contributed by atoms with Crippen LogP contribution in [0.2, 0.25) is 0 Å². The molecule has 20 heavy (non-hydrogen) atoms. The van der Waals surface area contributed by atoms with Gasteiger partial charge in [-0.1, -0.05) is 6.92 Å². The lowest BCUT2D eigenvalue weighted by molar-refractivity contribution is 0.265. The van der Waals surface area contributed by atoms with Gasteiger partial charge in [0.05, 0.1) is 0 Å². The van der Waals surface area contributed by atoms with Crippen molar-refractivity contribution in [1.82, 2.24) is 5.32 Å². The zero-order valence-electron chi connectivity index (χ0n) is 12.1. The van der Waals surface area contributed by atoms with Crippen LogP contribution < -0.4 is 10.1 Å². The lowest BCUT2D eigenvalue weighted by Gasteiger charge is -2.07. The summed E-state index contributed by atoms with van der Waals surface area (Å²) in [6.07, 6.45) is 0. The molecule has 1 heterocycles. The highest BCUT2D eigenvalue weighted by Crippen LogP contribution is 2.21. The van der Waals surface area contributed by atoms with Gasteiger partial charge in [0.2, 0.25) is 0 Å².